The number of ether oxygens (including phenoxy) is 3. The van der Waals surface area contributed by atoms with E-state index >= 15 is 0 Å². The molecule has 9 heteroatoms. The molecule has 3 rings (SSSR count). The highest BCUT2D eigenvalue weighted by Gasteiger charge is 2.39. The van der Waals surface area contributed by atoms with Crippen molar-refractivity contribution >= 4 is 40.1 Å². The van der Waals surface area contributed by atoms with Gasteiger partial charge in [-0.25, -0.2) is 4.99 Å². The number of amidine groups is 1. The van der Waals surface area contributed by atoms with E-state index in [0.29, 0.717) is 40.3 Å². The van der Waals surface area contributed by atoms with Crippen molar-refractivity contribution in [2.75, 3.05) is 33.2 Å². The number of thioether (sulfide) groups is 1. The summed E-state index contributed by atoms with van der Waals surface area (Å²) in [6.45, 7) is 2.68. The first-order valence-electron chi connectivity index (χ1n) is 11.2. The lowest BCUT2D eigenvalue weighted by molar-refractivity contribution is -0.128. The van der Waals surface area contributed by atoms with Gasteiger partial charge in [-0.05, 0) is 30.7 Å². The summed E-state index contributed by atoms with van der Waals surface area (Å²) >= 11 is 1.31. The van der Waals surface area contributed by atoms with Gasteiger partial charge in [-0.1, -0.05) is 43.7 Å². The molecule has 1 atom stereocenters. The van der Waals surface area contributed by atoms with Crippen LogP contribution in [0.1, 0.15) is 32.6 Å². The molecule has 2 aromatic rings. The molecule has 8 nitrogen and oxygen atoms in total. The quantitative estimate of drug-likeness (QED) is 0.457. The Labute approximate surface area is 204 Å². The number of hydrogen-bond donors (Lipinski definition) is 1. The first-order valence-corrected chi connectivity index (χ1v) is 12.1. The molecule has 0 saturated carbocycles. The molecule has 1 aliphatic rings. The number of carbonyl (C=O) groups excluding carboxylic acids is 2. The van der Waals surface area contributed by atoms with Crippen LogP contribution in [0.5, 0.6) is 17.2 Å². The van der Waals surface area contributed by atoms with Gasteiger partial charge in [-0.2, -0.15) is 0 Å². The standard InChI is InChI=1S/C25H31N3O5S/c1-5-6-9-14-28-24(30)22(34-25(28)27-18-10-7-8-11-20(18)32-3)16-23(29)26-19-15-17(31-2)12-13-21(19)33-4/h7-8,10-13,15,22H,5-6,9,14,16H2,1-4H3,(H,26,29). The smallest absolute Gasteiger partial charge is 0.242 e. The third-order valence-electron chi connectivity index (χ3n) is 5.36. The molecule has 1 N–H and O–H groups in total. The lowest BCUT2D eigenvalue weighted by Gasteiger charge is -2.16. The van der Waals surface area contributed by atoms with Gasteiger partial charge in [0.25, 0.3) is 0 Å². The van der Waals surface area contributed by atoms with Gasteiger partial charge in [0.1, 0.15) is 28.2 Å². The van der Waals surface area contributed by atoms with Crippen LogP contribution in [0.25, 0.3) is 0 Å². The van der Waals surface area contributed by atoms with Gasteiger partial charge >= 0.3 is 0 Å². The highest BCUT2D eigenvalue weighted by molar-refractivity contribution is 8.15. The zero-order chi connectivity index (χ0) is 24.5. The van der Waals surface area contributed by atoms with E-state index in [9.17, 15) is 9.59 Å². The molecular formula is C25H31N3O5S. The number of aliphatic imine (C=N–C) groups is 1. The molecule has 182 valence electrons. The van der Waals surface area contributed by atoms with Crippen molar-refractivity contribution < 1.29 is 23.8 Å². The number of hydrogen-bond acceptors (Lipinski definition) is 7. The number of amides is 2. The summed E-state index contributed by atoms with van der Waals surface area (Å²) in [5.74, 6) is 1.34. The number of nitrogens with one attached hydrogen (secondary N) is 1. The number of nitrogens with zero attached hydrogens (tertiary/aromatic N) is 2. The van der Waals surface area contributed by atoms with E-state index in [-0.39, 0.29) is 18.2 Å². The van der Waals surface area contributed by atoms with Crippen molar-refractivity contribution in [3.8, 4) is 17.2 Å². The maximum atomic E-state index is 13.2. The second kappa shape index (κ2) is 12.3. The highest BCUT2D eigenvalue weighted by atomic mass is 32.2. The van der Waals surface area contributed by atoms with Crippen LogP contribution in [-0.4, -0.2) is 55.0 Å². The predicted octanol–water partition coefficient (Wildman–Crippen LogP) is 4.86. The van der Waals surface area contributed by atoms with Gasteiger partial charge in [0.05, 0.1) is 27.0 Å². The van der Waals surface area contributed by atoms with Crippen LogP contribution in [0.15, 0.2) is 47.5 Å². The topological polar surface area (TPSA) is 89.5 Å². The number of unbranched alkanes of at least 4 members (excludes halogenated alkanes) is 2. The highest BCUT2D eigenvalue weighted by Crippen LogP contribution is 2.35. The van der Waals surface area contributed by atoms with Gasteiger partial charge in [-0.15, -0.1) is 0 Å². The number of anilines is 1. The Balaban J connectivity index is 1.79. The molecule has 1 saturated heterocycles. The first-order chi connectivity index (χ1) is 16.5. The fourth-order valence-electron chi connectivity index (χ4n) is 3.56. The van der Waals surface area contributed by atoms with Gasteiger partial charge in [0, 0.05) is 19.0 Å². The Morgan fingerprint density at radius 2 is 1.82 bits per heavy atom. The minimum Gasteiger partial charge on any atom is -0.497 e. The third-order valence-corrected chi connectivity index (χ3v) is 6.53. The van der Waals surface area contributed by atoms with E-state index in [2.05, 4.69) is 12.2 Å². The Morgan fingerprint density at radius 1 is 1.06 bits per heavy atom. The van der Waals surface area contributed by atoms with Crippen molar-refractivity contribution in [3.63, 3.8) is 0 Å². The minimum atomic E-state index is -0.563. The summed E-state index contributed by atoms with van der Waals surface area (Å²) in [4.78, 5) is 32.5. The lowest BCUT2D eigenvalue weighted by atomic mass is 10.2. The lowest BCUT2D eigenvalue weighted by Crippen LogP contribution is -2.34. The van der Waals surface area contributed by atoms with E-state index in [1.165, 1.54) is 18.9 Å². The average Bonchev–Trinajstić information content (AvgIpc) is 3.13. The summed E-state index contributed by atoms with van der Waals surface area (Å²) in [6, 6.07) is 12.6. The summed E-state index contributed by atoms with van der Waals surface area (Å²) < 4.78 is 16.0. The molecule has 0 spiro atoms. The Kier molecular flexibility index (Phi) is 9.21. The molecule has 1 unspecified atom stereocenters. The summed E-state index contributed by atoms with van der Waals surface area (Å²) in [5.41, 5.74) is 1.14. The van der Waals surface area contributed by atoms with Crippen LogP contribution >= 0.6 is 11.8 Å². The fraction of sp³-hybridized carbons (Fsp3) is 0.400. The Morgan fingerprint density at radius 3 is 2.53 bits per heavy atom. The molecular weight excluding hydrogens is 454 g/mol. The fourth-order valence-corrected chi connectivity index (χ4v) is 4.73. The molecule has 0 radical (unpaired) electrons. The zero-order valence-corrected chi connectivity index (χ0v) is 20.8. The predicted molar refractivity (Wildman–Crippen MR) is 135 cm³/mol. The van der Waals surface area contributed by atoms with Crippen molar-refractivity contribution in [1.82, 2.24) is 4.90 Å². The van der Waals surface area contributed by atoms with Gasteiger partial charge in [0.15, 0.2) is 5.17 Å². The number of methoxy groups -OCH3 is 3. The van der Waals surface area contributed by atoms with E-state index in [1.54, 1.807) is 37.3 Å². The van der Waals surface area contributed by atoms with Crippen LogP contribution in [-0.2, 0) is 9.59 Å². The van der Waals surface area contributed by atoms with Crippen LogP contribution in [0.2, 0.25) is 0 Å². The Bertz CT molecular complexity index is 1040. The molecule has 2 aromatic carbocycles. The van der Waals surface area contributed by atoms with Gasteiger partial charge < -0.3 is 19.5 Å². The Hall–Kier alpha value is -3.20. The van der Waals surface area contributed by atoms with E-state index < -0.39 is 5.25 Å². The molecule has 0 aliphatic carbocycles. The van der Waals surface area contributed by atoms with Crippen molar-refractivity contribution in [1.29, 1.82) is 0 Å². The minimum absolute atomic E-state index is 0.0130. The summed E-state index contributed by atoms with van der Waals surface area (Å²) in [5, 5.41) is 2.87. The van der Waals surface area contributed by atoms with Crippen LogP contribution in [0.3, 0.4) is 0 Å². The number of benzene rings is 2. The summed E-state index contributed by atoms with van der Waals surface area (Å²) in [6.07, 6.45) is 2.94. The molecule has 1 fully saturated rings. The number of carbonyl (C=O) groups is 2. The van der Waals surface area contributed by atoms with Crippen LogP contribution in [0, 0.1) is 0 Å². The van der Waals surface area contributed by atoms with Crippen LogP contribution < -0.4 is 19.5 Å². The maximum Gasteiger partial charge on any atom is 0.242 e. The van der Waals surface area contributed by atoms with Gasteiger partial charge in [0.2, 0.25) is 11.8 Å². The van der Waals surface area contributed by atoms with Crippen molar-refractivity contribution in [2.24, 2.45) is 4.99 Å². The third kappa shape index (κ3) is 6.22. The maximum absolute atomic E-state index is 13.2. The average molecular weight is 486 g/mol. The molecule has 1 aliphatic heterocycles. The molecule has 0 bridgehead atoms. The second-order valence-electron chi connectivity index (χ2n) is 7.69. The van der Waals surface area contributed by atoms with Gasteiger partial charge in [-0.3, -0.25) is 14.5 Å². The monoisotopic (exact) mass is 485 g/mol. The van der Waals surface area contributed by atoms with E-state index in [4.69, 9.17) is 19.2 Å². The van der Waals surface area contributed by atoms with E-state index in [0.717, 1.165) is 19.3 Å². The molecule has 2 amide bonds. The number of para-hydroxylation sites is 2. The normalized spacial score (nSPS) is 16.6. The second-order valence-corrected chi connectivity index (χ2v) is 8.86. The SMILES string of the molecule is CCCCCN1C(=O)C(CC(=O)Nc2cc(OC)ccc2OC)SC1=Nc1ccccc1OC. The molecule has 1 heterocycles. The molecule has 0 aromatic heterocycles. The zero-order valence-electron chi connectivity index (χ0n) is 20.0. The molecule has 34 heavy (non-hydrogen) atoms. The first kappa shape index (κ1) is 25.4. The van der Waals surface area contributed by atoms with Crippen LogP contribution in [0.4, 0.5) is 11.4 Å². The van der Waals surface area contributed by atoms with E-state index in [1.807, 2.05) is 24.3 Å². The number of rotatable bonds is 11. The largest absolute Gasteiger partial charge is 0.497 e. The summed E-state index contributed by atoms with van der Waals surface area (Å²) in [7, 11) is 4.67. The van der Waals surface area contributed by atoms with Crippen molar-refractivity contribution in [3.05, 3.63) is 42.5 Å². The van der Waals surface area contributed by atoms with Crippen molar-refractivity contribution in [2.45, 2.75) is 37.9 Å².